The first-order chi connectivity index (χ1) is 7.80. The van der Waals surface area contributed by atoms with Gasteiger partial charge in [-0.1, -0.05) is 20.8 Å². The number of aromatic nitrogens is 2. The number of rotatable bonds is 1. The van der Waals surface area contributed by atoms with Crippen LogP contribution in [0.2, 0.25) is 0 Å². The molecule has 1 heterocycles. The van der Waals surface area contributed by atoms with Crippen LogP contribution in [-0.4, -0.2) is 9.55 Å². The van der Waals surface area contributed by atoms with E-state index in [4.69, 9.17) is 12.2 Å². The lowest BCUT2D eigenvalue weighted by atomic mass is 9.88. The van der Waals surface area contributed by atoms with Gasteiger partial charge < -0.3 is 9.55 Å². The largest absolute Gasteiger partial charge is 0.331 e. The summed E-state index contributed by atoms with van der Waals surface area (Å²) < 4.78 is 16.0. The topological polar surface area (TPSA) is 20.7 Å². The molecular formula is C13H17FN2S. The van der Waals surface area contributed by atoms with Gasteiger partial charge in [-0.15, -0.1) is 0 Å². The second kappa shape index (κ2) is 3.95. The van der Waals surface area contributed by atoms with Gasteiger partial charge in [0.1, 0.15) is 5.82 Å². The van der Waals surface area contributed by atoms with Crippen LogP contribution in [0, 0.1) is 16.0 Å². The number of nitrogens with zero attached hydrogens (tertiary/aromatic N) is 1. The van der Waals surface area contributed by atoms with Gasteiger partial charge in [0.05, 0.1) is 11.0 Å². The summed E-state index contributed by atoms with van der Waals surface area (Å²) in [6, 6.07) is 4.90. The van der Waals surface area contributed by atoms with E-state index in [1.807, 2.05) is 4.57 Å². The quantitative estimate of drug-likeness (QED) is 0.744. The summed E-state index contributed by atoms with van der Waals surface area (Å²) in [5.74, 6) is -0.235. The molecule has 1 atom stereocenters. The number of hydrogen-bond donors (Lipinski definition) is 1. The van der Waals surface area contributed by atoms with E-state index in [0.29, 0.717) is 4.77 Å². The minimum absolute atomic E-state index is 0.0691. The Morgan fingerprint density at radius 3 is 2.59 bits per heavy atom. The van der Waals surface area contributed by atoms with Gasteiger partial charge in [0.2, 0.25) is 0 Å². The molecule has 2 rings (SSSR count). The van der Waals surface area contributed by atoms with Crippen LogP contribution >= 0.6 is 12.2 Å². The van der Waals surface area contributed by atoms with Crippen molar-refractivity contribution in [3.63, 3.8) is 0 Å². The Balaban J connectivity index is 2.72. The molecular weight excluding hydrogens is 235 g/mol. The SMILES string of the molecule is CC(n1c(=S)[nH]c2ccc(F)cc21)C(C)(C)C. The molecule has 1 N–H and O–H groups in total. The maximum absolute atomic E-state index is 13.3. The third kappa shape index (κ3) is 2.14. The van der Waals surface area contributed by atoms with Crippen molar-refractivity contribution in [2.75, 3.05) is 0 Å². The molecule has 0 bridgehead atoms. The average Bonchev–Trinajstić information content (AvgIpc) is 2.51. The fourth-order valence-electron chi connectivity index (χ4n) is 1.87. The molecule has 0 saturated carbocycles. The highest BCUT2D eigenvalue weighted by Gasteiger charge is 2.23. The van der Waals surface area contributed by atoms with E-state index >= 15 is 0 Å². The number of benzene rings is 1. The number of fused-ring (bicyclic) bond motifs is 1. The van der Waals surface area contributed by atoms with E-state index in [9.17, 15) is 4.39 Å². The van der Waals surface area contributed by atoms with E-state index in [-0.39, 0.29) is 17.3 Å². The van der Waals surface area contributed by atoms with Crippen LogP contribution in [-0.2, 0) is 0 Å². The summed E-state index contributed by atoms with van der Waals surface area (Å²) in [7, 11) is 0. The van der Waals surface area contributed by atoms with Gasteiger partial charge >= 0.3 is 0 Å². The monoisotopic (exact) mass is 252 g/mol. The van der Waals surface area contributed by atoms with E-state index in [1.165, 1.54) is 12.1 Å². The molecule has 0 saturated heterocycles. The lowest BCUT2D eigenvalue weighted by molar-refractivity contribution is 0.265. The minimum Gasteiger partial charge on any atom is -0.331 e. The predicted molar refractivity (Wildman–Crippen MR) is 71.2 cm³/mol. The van der Waals surface area contributed by atoms with Gasteiger partial charge in [-0.25, -0.2) is 4.39 Å². The summed E-state index contributed by atoms with van der Waals surface area (Å²) in [6.45, 7) is 8.56. The van der Waals surface area contributed by atoms with Crippen LogP contribution in [0.5, 0.6) is 0 Å². The Hall–Kier alpha value is -1.16. The third-order valence-corrected chi connectivity index (χ3v) is 3.62. The fraction of sp³-hybridized carbons (Fsp3) is 0.462. The predicted octanol–water partition coefficient (Wildman–Crippen LogP) is 4.45. The molecule has 0 radical (unpaired) electrons. The van der Waals surface area contributed by atoms with Crippen LogP contribution in [0.25, 0.3) is 11.0 Å². The normalized spacial score (nSPS) is 14.2. The number of hydrogen-bond acceptors (Lipinski definition) is 1. The van der Waals surface area contributed by atoms with Gasteiger partial charge in [0, 0.05) is 6.04 Å². The van der Waals surface area contributed by atoms with Crippen molar-refractivity contribution in [2.24, 2.45) is 5.41 Å². The van der Waals surface area contributed by atoms with Crippen molar-refractivity contribution in [2.45, 2.75) is 33.7 Å². The number of nitrogens with one attached hydrogen (secondary N) is 1. The van der Waals surface area contributed by atoms with Gasteiger partial charge in [-0.2, -0.15) is 0 Å². The molecule has 0 amide bonds. The van der Waals surface area contributed by atoms with Crippen LogP contribution in [0.4, 0.5) is 4.39 Å². The van der Waals surface area contributed by atoms with Crippen molar-refractivity contribution >= 4 is 23.3 Å². The first kappa shape index (κ1) is 12.3. The van der Waals surface area contributed by atoms with E-state index in [2.05, 4.69) is 32.7 Å². The van der Waals surface area contributed by atoms with Crippen molar-refractivity contribution in [3.05, 3.63) is 28.8 Å². The molecule has 1 aromatic carbocycles. The Labute approximate surface area is 105 Å². The first-order valence-corrected chi connectivity index (χ1v) is 6.11. The Kier molecular flexibility index (Phi) is 2.86. The summed E-state index contributed by atoms with van der Waals surface area (Å²) >= 11 is 5.33. The van der Waals surface area contributed by atoms with Gasteiger partial charge in [-0.3, -0.25) is 0 Å². The molecule has 2 nitrogen and oxygen atoms in total. The summed E-state index contributed by atoms with van der Waals surface area (Å²) in [5.41, 5.74) is 1.78. The molecule has 92 valence electrons. The number of imidazole rings is 1. The molecule has 0 spiro atoms. The molecule has 0 aliphatic carbocycles. The van der Waals surface area contributed by atoms with Crippen LogP contribution in [0.1, 0.15) is 33.7 Å². The van der Waals surface area contributed by atoms with Crippen molar-refractivity contribution in [3.8, 4) is 0 Å². The van der Waals surface area contributed by atoms with Crippen molar-refractivity contribution < 1.29 is 4.39 Å². The Bertz CT molecular complexity index is 604. The number of H-pyrrole nitrogens is 1. The maximum atomic E-state index is 13.3. The zero-order chi connectivity index (χ0) is 12.8. The number of aromatic amines is 1. The highest BCUT2D eigenvalue weighted by molar-refractivity contribution is 7.71. The third-order valence-electron chi connectivity index (χ3n) is 3.32. The highest BCUT2D eigenvalue weighted by atomic mass is 32.1. The average molecular weight is 252 g/mol. The molecule has 2 aromatic rings. The molecule has 4 heteroatoms. The molecule has 1 aromatic heterocycles. The van der Waals surface area contributed by atoms with E-state index in [1.54, 1.807) is 6.07 Å². The second-order valence-corrected chi connectivity index (χ2v) is 5.89. The molecule has 1 unspecified atom stereocenters. The summed E-state index contributed by atoms with van der Waals surface area (Å²) in [5, 5.41) is 0. The zero-order valence-corrected chi connectivity index (χ0v) is 11.4. The zero-order valence-electron chi connectivity index (χ0n) is 10.5. The Morgan fingerprint density at radius 2 is 2.00 bits per heavy atom. The smallest absolute Gasteiger partial charge is 0.178 e. The Morgan fingerprint density at radius 1 is 1.35 bits per heavy atom. The van der Waals surface area contributed by atoms with Gasteiger partial charge in [0.25, 0.3) is 0 Å². The summed E-state index contributed by atoms with van der Waals surface area (Å²) in [4.78, 5) is 3.12. The lowest BCUT2D eigenvalue weighted by Gasteiger charge is -2.29. The van der Waals surface area contributed by atoms with Crippen LogP contribution in [0.15, 0.2) is 18.2 Å². The molecule has 0 aliphatic heterocycles. The lowest BCUT2D eigenvalue weighted by Crippen LogP contribution is -2.21. The second-order valence-electron chi connectivity index (χ2n) is 5.50. The van der Waals surface area contributed by atoms with Crippen molar-refractivity contribution in [1.82, 2.24) is 9.55 Å². The van der Waals surface area contributed by atoms with E-state index < -0.39 is 0 Å². The van der Waals surface area contributed by atoms with Gasteiger partial charge in [-0.05, 0) is 42.8 Å². The highest BCUT2D eigenvalue weighted by Crippen LogP contribution is 2.33. The summed E-state index contributed by atoms with van der Waals surface area (Å²) in [6.07, 6.45) is 0. The van der Waals surface area contributed by atoms with Gasteiger partial charge in [0.15, 0.2) is 4.77 Å². The molecule has 17 heavy (non-hydrogen) atoms. The fourth-order valence-corrected chi connectivity index (χ4v) is 2.23. The van der Waals surface area contributed by atoms with Crippen LogP contribution in [0.3, 0.4) is 0 Å². The number of halogens is 1. The molecule has 0 fully saturated rings. The standard InChI is InChI=1S/C13H17FN2S/c1-8(13(2,3)4)16-11-7-9(14)5-6-10(11)15-12(16)17/h5-8H,1-4H3,(H,15,17). The first-order valence-electron chi connectivity index (χ1n) is 5.70. The van der Waals surface area contributed by atoms with Crippen LogP contribution < -0.4 is 0 Å². The molecule has 0 aliphatic rings. The van der Waals surface area contributed by atoms with E-state index in [0.717, 1.165) is 11.0 Å². The minimum atomic E-state index is -0.235. The van der Waals surface area contributed by atoms with Crippen molar-refractivity contribution in [1.29, 1.82) is 0 Å². The maximum Gasteiger partial charge on any atom is 0.178 e.